The number of rotatable bonds is 8. The normalized spacial score (nSPS) is 18.2. The topological polar surface area (TPSA) is 83.6 Å². The summed E-state index contributed by atoms with van der Waals surface area (Å²) in [6.45, 7) is 2.08. The van der Waals surface area contributed by atoms with Crippen molar-refractivity contribution in [2.45, 2.75) is 44.6 Å². The molecule has 5 rings (SSSR count). The van der Waals surface area contributed by atoms with Gasteiger partial charge in [0.15, 0.2) is 0 Å². The van der Waals surface area contributed by atoms with Gasteiger partial charge in [0.25, 0.3) is 5.91 Å². The molecule has 180 valence electrons. The molecule has 0 radical (unpaired) electrons. The first-order valence-corrected chi connectivity index (χ1v) is 13.6. The SMILES string of the molecule is COCCNC(=O)c1c(NC(=O)CN2CCC[C@@H]2c2nc3ccccc3s2)sc2c1CCCC2. The van der Waals surface area contributed by atoms with E-state index >= 15 is 0 Å². The summed E-state index contributed by atoms with van der Waals surface area (Å²) in [5.41, 5.74) is 2.77. The van der Waals surface area contributed by atoms with Crippen molar-refractivity contribution in [2.24, 2.45) is 0 Å². The van der Waals surface area contributed by atoms with E-state index in [0.717, 1.165) is 61.2 Å². The maximum absolute atomic E-state index is 13.2. The smallest absolute Gasteiger partial charge is 0.254 e. The van der Waals surface area contributed by atoms with Crippen LogP contribution < -0.4 is 10.6 Å². The monoisotopic (exact) mass is 498 g/mol. The lowest BCUT2D eigenvalue weighted by Crippen LogP contribution is -2.33. The molecular weight excluding hydrogens is 468 g/mol. The molecule has 2 aliphatic rings. The molecule has 0 unspecified atom stereocenters. The van der Waals surface area contributed by atoms with Gasteiger partial charge in [-0.1, -0.05) is 12.1 Å². The Kier molecular flexibility index (Phi) is 7.24. The van der Waals surface area contributed by atoms with Gasteiger partial charge in [-0.05, 0) is 62.8 Å². The molecule has 2 aromatic heterocycles. The summed E-state index contributed by atoms with van der Waals surface area (Å²) in [6, 6.07) is 8.35. The Balaban J connectivity index is 1.31. The molecule has 0 saturated carbocycles. The number of thiophene rings is 1. The summed E-state index contributed by atoms with van der Waals surface area (Å²) in [5, 5.41) is 7.79. The zero-order chi connectivity index (χ0) is 23.5. The zero-order valence-electron chi connectivity index (χ0n) is 19.4. The Morgan fingerprint density at radius 2 is 2.03 bits per heavy atom. The lowest BCUT2D eigenvalue weighted by molar-refractivity contribution is -0.117. The lowest BCUT2D eigenvalue weighted by Gasteiger charge is -2.22. The van der Waals surface area contributed by atoms with E-state index in [4.69, 9.17) is 9.72 Å². The number of nitrogens with one attached hydrogen (secondary N) is 2. The van der Waals surface area contributed by atoms with Crippen LogP contribution in [-0.2, 0) is 22.4 Å². The number of hydrogen-bond acceptors (Lipinski definition) is 7. The van der Waals surface area contributed by atoms with Crippen LogP contribution in [0.25, 0.3) is 10.2 Å². The van der Waals surface area contributed by atoms with Crippen molar-refractivity contribution in [2.75, 3.05) is 38.7 Å². The number of aromatic nitrogens is 1. The largest absolute Gasteiger partial charge is 0.383 e. The van der Waals surface area contributed by atoms with Crippen LogP contribution in [0.2, 0.25) is 0 Å². The fraction of sp³-hybridized carbons (Fsp3) is 0.480. The van der Waals surface area contributed by atoms with Gasteiger partial charge in [-0.2, -0.15) is 0 Å². The third-order valence-electron chi connectivity index (χ3n) is 6.55. The summed E-state index contributed by atoms with van der Waals surface area (Å²) < 4.78 is 6.25. The molecule has 9 heteroatoms. The first kappa shape index (κ1) is 23.4. The molecule has 1 aliphatic carbocycles. The van der Waals surface area contributed by atoms with Crippen LogP contribution in [0.1, 0.15) is 57.5 Å². The standard InChI is InChI=1S/C25H30N4O3S2/c1-32-14-12-26-23(31)22-16-7-2-4-10-19(16)33-25(22)28-21(30)15-29-13-6-9-18(29)24-27-17-8-3-5-11-20(17)34-24/h3,5,8,11,18H,2,4,6-7,9-10,12-15H2,1H3,(H,26,31)(H,28,30)/t18-/m1/s1. The van der Waals surface area contributed by atoms with Gasteiger partial charge in [-0.3, -0.25) is 14.5 Å². The number of fused-ring (bicyclic) bond motifs is 2. The number of amides is 2. The van der Waals surface area contributed by atoms with Crippen LogP contribution in [0.3, 0.4) is 0 Å². The molecule has 1 aromatic carbocycles. The number of ether oxygens (including phenoxy) is 1. The zero-order valence-corrected chi connectivity index (χ0v) is 21.0. The van der Waals surface area contributed by atoms with Crippen molar-refractivity contribution in [1.82, 2.24) is 15.2 Å². The van der Waals surface area contributed by atoms with Crippen molar-refractivity contribution in [3.05, 3.63) is 45.3 Å². The van der Waals surface area contributed by atoms with Crippen LogP contribution in [0.5, 0.6) is 0 Å². The molecule has 7 nitrogen and oxygen atoms in total. The number of methoxy groups -OCH3 is 1. The van der Waals surface area contributed by atoms with Crippen LogP contribution in [-0.4, -0.2) is 55.0 Å². The highest BCUT2D eigenvalue weighted by molar-refractivity contribution is 7.18. The molecule has 1 fully saturated rings. The van der Waals surface area contributed by atoms with Crippen molar-refractivity contribution < 1.29 is 14.3 Å². The Labute approximate surface area is 207 Å². The number of carbonyl (C=O) groups is 2. The Bertz CT molecular complexity index is 1160. The molecule has 1 aliphatic heterocycles. The number of likely N-dealkylation sites (tertiary alicyclic amines) is 1. The third-order valence-corrected chi connectivity index (χ3v) is 8.89. The molecule has 34 heavy (non-hydrogen) atoms. The number of nitrogens with zero attached hydrogens (tertiary/aromatic N) is 2. The van der Waals surface area contributed by atoms with Gasteiger partial charge in [0, 0.05) is 18.5 Å². The first-order valence-electron chi connectivity index (χ1n) is 11.9. The molecule has 0 spiro atoms. The average Bonchev–Trinajstić information content (AvgIpc) is 3.55. The molecule has 3 aromatic rings. The maximum Gasteiger partial charge on any atom is 0.254 e. The molecule has 3 heterocycles. The highest BCUT2D eigenvalue weighted by atomic mass is 32.1. The van der Waals surface area contributed by atoms with E-state index in [9.17, 15) is 9.59 Å². The minimum atomic E-state index is -0.125. The second-order valence-electron chi connectivity index (χ2n) is 8.86. The summed E-state index contributed by atoms with van der Waals surface area (Å²) in [7, 11) is 1.62. The van der Waals surface area contributed by atoms with Gasteiger partial charge in [0.05, 0.1) is 35.0 Å². The van der Waals surface area contributed by atoms with E-state index in [-0.39, 0.29) is 17.9 Å². The second-order valence-corrected chi connectivity index (χ2v) is 11.0. The number of benzene rings is 1. The predicted molar refractivity (Wildman–Crippen MR) is 137 cm³/mol. The second kappa shape index (κ2) is 10.5. The van der Waals surface area contributed by atoms with Crippen molar-refractivity contribution in [3.63, 3.8) is 0 Å². The Morgan fingerprint density at radius 3 is 2.88 bits per heavy atom. The van der Waals surface area contributed by atoms with E-state index < -0.39 is 0 Å². The van der Waals surface area contributed by atoms with E-state index in [1.165, 1.54) is 9.58 Å². The number of carbonyl (C=O) groups excluding carboxylic acids is 2. The minimum absolute atomic E-state index is 0.0717. The first-order chi connectivity index (χ1) is 16.6. The number of aryl methyl sites for hydroxylation is 1. The maximum atomic E-state index is 13.2. The van der Waals surface area contributed by atoms with Crippen molar-refractivity contribution >= 4 is 49.7 Å². The van der Waals surface area contributed by atoms with Crippen molar-refractivity contribution in [3.8, 4) is 0 Å². The molecular formula is C25H30N4O3S2. The van der Waals surface area contributed by atoms with Crippen LogP contribution in [0.4, 0.5) is 5.00 Å². The quantitative estimate of drug-likeness (QED) is 0.450. The number of hydrogen-bond donors (Lipinski definition) is 2. The summed E-state index contributed by atoms with van der Waals surface area (Å²) in [4.78, 5) is 34.4. The highest BCUT2D eigenvalue weighted by Crippen LogP contribution is 2.39. The van der Waals surface area contributed by atoms with E-state index in [0.29, 0.717) is 30.3 Å². The van der Waals surface area contributed by atoms with Gasteiger partial charge in [-0.15, -0.1) is 22.7 Å². The summed E-state index contributed by atoms with van der Waals surface area (Å²) >= 11 is 3.28. The van der Waals surface area contributed by atoms with Crippen LogP contribution >= 0.6 is 22.7 Å². The average molecular weight is 499 g/mol. The van der Waals surface area contributed by atoms with E-state index in [2.05, 4.69) is 21.6 Å². The molecule has 1 atom stereocenters. The highest BCUT2D eigenvalue weighted by Gasteiger charge is 2.31. The Hall–Kier alpha value is -2.33. The summed E-state index contributed by atoms with van der Waals surface area (Å²) in [5.74, 6) is -0.196. The summed E-state index contributed by atoms with van der Waals surface area (Å²) in [6.07, 6.45) is 6.12. The van der Waals surface area contributed by atoms with E-state index in [1.807, 2.05) is 18.2 Å². The van der Waals surface area contributed by atoms with Gasteiger partial charge < -0.3 is 15.4 Å². The molecule has 1 saturated heterocycles. The molecule has 0 bridgehead atoms. The number of anilines is 1. The van der Waals surface area contributed by atoms with Gasteiger partial charge in [0.2, 0.25) is 5.91 Å². The van der Waals surface area contributed by atoms with Gasteiger partial charge in [-0.25, -0.2) is 4.98 Å². The fourth-order valence-corrected chi connectivity index (χ4v) is 7.37. The van der Waals surface area contributed by atoms with Crippen LogP contribution in [0, 0.1) is 0 Å². The van der Waals surface area contributed by atoms with Crippen LogP contribution in [0.15, 0.2) is 24.3 Å². The molecule has 2 N–H and O–H groups in total. The number of para-hydroxylation sites is 1. The van der Waals surface area contributed by atoms with E-state index in [1.54, 1.807) is 29.8 Å². The predicted octanol–water partition coefficient (Wildman–Crippen LogP) is 4.39. The lowest BCUT2D eigenvalue weighted by atomic mass is 9.95. The Morgan fingerprint density at radius 1 is 1.18 bits per heavy atom. The van der Waals surface area contributed by atoms with Gasteiger partial charge >= 0.3 is 0 Å². The van der Waals surface area contributed by atoms with Gasteiger partial charge in [0.1, 0.15) is 10.0 Å². The minimum Gasteiger partial charge on any atom is -0.383 e. The number of thiazole rings is 1. The third kappa shape index (κ3) is 4.88. The fourth-order valence-electron chi connectivity index (χ4n) is 4.93. The van der Waals surface area contributed by atoms with Crippen molar-refractivity contribution in [1.29, 1.82) is 0 Å². The molecule has 2 amide bonds.